The Bertz CT molecular complexity index is 787. The van der Waals surface area contributed by atoms with Crippen LogP contribution in [0.1, 0.15) is 50.7 Å². The van der Waals surface area contributed by atoms with E-state index in [1.165, 1.54) is 0 Å². The highest BCUT2D eigenvalue weighted by Gasteiger charge is 2.40. The molecule has 0 aliphatic carbocycles. The van der Waals surface area contributed by atoms with Crippen molar-refractivity contribution in [1.82, 2.24) is 4.90 Å². The zero-order valence-electron chi connectivity index (χ0n) is 19.0. The first-order valence-electron chi connectivity index (χ1n) is 11.4. The first-order chi connectivity index (χ1) is 14.9. The van der Waals surface area contributed by atoms with Crippen LogP contribution in [0, 0.1) is 5.92 Å². The van der Waals surface area contributed by atoms with Gasteiger partial charge in [-0.1, -0.05) is 49.7 Å². The molecule has 0 saturated carbocycles. The van der Waals surface area contributed by atoms with E-state index in [9.17, 15) is 5.11 Å². The van der Waals surface area contributed by atoms with Crippen LogP contribution in [-0.2, 0) is 10.3 Å². The van der Waals surface area contributed by atoms with E-state index in [0.717, 1.165) is 56.1 Å². The van der Waals surface area contributed by atoms with Crippen molar-refractivity contribution in [3.05, 3.63) is 64.7 Å². The Morgan fingerprint density at radius 1 is 1.06 bits per heavy atom. The molecule has 1 heterocycles. The fourth-order valence-electron chi connectivity index (χ4n) is 4.30. The van der Waals surface area contributed by atoms with Crippen molar-refractivity contribution in [3.8, 4) is 5.75 Å². The molecule has 1 saturated heterocycles. The summed E-state index contributed by atoms with van der Waals surface area (Å²) in [6.45, 7) is 11.0. The molecule has 2 atom stereocenters. The van der Waals surface area contributed by atoms with E-state index in [-0.39, 0.29) is 5.92 Å². The van der Waals surface area contributed by atoms with Gasteiger partial charge in [0, 0.05) is 30.6 Å². The normalized spacial score (nSPS) is 18.0. The molecule has 2 aromatic rings. The lowest BCUT2D eigenvalue weighted by molar-refractivity contribution is -0.0311. The Kier molecular flexibility index (Phi) is 8.79. The molecule has 0 spiro atoms. The van der Waals surface area contributed by atoms with Crippen LogP contribution in [0.5, 0.6) is 5.75 Å². The fraction of sp³-hybridized carbons (Fsp3) is 0.538. The van der Waals surface area contributed by atoms with Crippen molar-refractivity contribution in [1.29, 1.82) is 0 Å². The van der Waals surface area contributed by atoms with Crippen LogP contribution in [0.3, 0.4) is 0 Å². The van der Waals surface area contributed by atoms with Gasteiger partial charge in [-0.25, -0.2) is 0 Å². The summed E-state index contributed by atoms with van der Waals surface area (Å²) in [5.74, 6) is 1.25. The first kappa shape index (κ1) is 24.1. The monoisotopic (exact) mass is 445 g/mol. The number of halogens is 1. The molecule has 2 aromatic carbocycles. The lowest BCUT2D eigenvalue weighted by Gasteiger charge is -2.41. The van der Waals surface area contributed by atoms with E-state index in [2.05, 4.69) is 30.9 Å². The van der Waals surface area contributed by atoms with Gasteiger partial charge < -0.3 is 14.6 Å². The molecule has 1 aliphatic rings. The Balaban J connectivity index is 2.00. The molecule has 31 heavy (non-hydrogen) atoms. The Labute approximate surface area is 192 Å². The number of ether oxygens (including phenoxy) is 2. The molecule has 170 valence electrons. The van der Waals surface area contributed by atoms with E-state index < -0.39 is 5.60 Å². The van der Waals surface area contributed by atoms with E-state index in [1.807, 2.05) is 43.3 Å². The average Bonchev–Trinajstić information content (AvgIpc) is 2.78. The molecule has 5 heteroatoms. The number of morpholine rings is 1. The third-order valence-electron chi connectivity index (χ3n) is 6.16. The Morgan fingerprint density at radius 3 is 2.29 bits per heavy atom. The topological polar surface area (TPSA) is 41.9 Å². The molecule has 0 amide bonds. The van der Waals surface area contributed by atoms with Crippen LogP contribution < -0.4 is 4.74 Å². The van der Waals surface area contributed by atoms with E-state index in [4.69, 9.17) is 21.1 Å². The molecule has 0 aromatic heterocycles. The van der Waals surface area contributed by atoms with Crippen molar-refractivity contribution in [3.63, 3.8) is 0 Å². The van der Waals surface area contributed by atoms with Crippen molar-refractivity contribution >= 4 is 11.6 Å². The molecular weight excluding hydrogens is 410 g/mol. The van der Waals surface area contributed by atoms with Crippen LogP contribution in [-0.4, -0.2) is 49.5 Å². The molecule has 1 N–H and O–H groups in total. The Hall–Kier alpha value is -1.59. The number of hydrogen-bond donors (Lipinski definition) is 1. The standard InChI is InChI=1S/C26H36ClNO3/c1-4-31-24-11-7-22(8-12-24)26(29,14-13-20(2)3)25(19-28-15-17-30-18-16-28)21-5-9-23(27)10-6-21/h5-12,20,25,29H,4,13-19H2,1-3H3/t25-,26+/m1/s1. The molecule has 3 rings (SSSR count). The van der Waals surface area contributed by atoms with Gasteiger partial charge in [-0.05, 0) is 61.1 Å². The van der Waals surface area contributed by atoms with E-state index >= 15 is 0 Å². The van der Waals surface area contributed by atoms with Gasteiger partial charge in [0.2, 0.25) is 0 Å². The van der Waals surface area contributed by atoms with Gasteiger partial charge in [-0.2, -0.15) is 0 Å². The van der Waals surface area contributed by atoms with E-state index in [0.29, 0.717) is 24.0 Å². The number of benzene rings is 2. The second-order valence-electron chi connectivity index (χ2n) is 8.83. The van der Waals surface area contributed by atoms with Crippen LogP contribution in [0.15, 0.2) is 48.5 Å². The molecular formula is C26H36ClNO3. The zero-order chi connectivity index (χ0) is 22.3. The lowest BCUT2D eigenvalue weighted by Crippen LogP contribution is -2.45. The Morgan fingerprint density at radius 2 is 1.71 bits per heavy atom. The summed E-state index contributed by atoms with van der Waals surface area (Å²) in [7, 11) is 0. The highest BCUT2D eigenvalue weighted by atomic mass is 35.5. The lowest BCUT2D eigenvalue weighted by atomic mass is 9.73. The largest absolute Gasteiger partial charge is 0.494 e. The van der Waals surface area contributed by atoms with Crippen molar-refractivity contribution in [2.24, 2.45) is 5.92 Å². The number of rotatable bonds is 10. The van der Waals surface area contributed by atoms with Gasteiger partial charge >= 0.3 is 0 Å². The maximum Gasteiger partial charge on any atom is 0.119 e. The van der Waals surface area contributed by atoms with Crippen molar-refractivity contribution in [2.75, 3.05) is 39.5 Å². The molecule has 4 nitrogen and oxygen atoms in total. The number of aliphatic hydroxyl groups is 1. The molecule has 1 aliphatic heterocycles. The first-order valence-corrected chi connectivity index (χ1v) is 11.8. The summed E-state index contributed by atoms with van der Waals surface area (Å²) >= 11 is 6.19. The molecule has 1 fully saturated rings. The second kappa shape index (κ2) is 11.3. The minimum Gasteiger partial charge on any atom is -0.494 e. The number of hydrogen-bond acceptors (Lipinski definition) is 4. The van der Waals surface area contributed by atoms with Crippen LogP contribution in [0.2, 0.25) is 5.02 Å². The third kappa shape index (κ3) is 6.45. The maximum atomic E-state index is 12.3. The summed E-state index contributed by atoms with van der Waals surface area (Å²) in [4.78, 5) is 2.40. The van der Waals surface area contributed by atoms with Crippen molar-refractivity contribution in [2.45, 2.75) is 45.1 Å². The van der Waals surface area contributed by atoms with Crippen LogP contribution >= 0.6 is 11.6 Å². The van der Waals surface area contributed by atoms with E-state index in [1.54, 1.807) is 0 Å². The van der Waals surface area contributed by atoms with Gasteiger partial charge in [0.05, 0.1) is 25.4 Å². The molecule has 0 bridgehead atoms. The summed E-state index contributed by atoms with van der Waals surface area (Å²) in [5.41, 5.74) is 1.04. The maximum absolute atomic E-state index is 12.3. The second-order valence-corrected chi connectivity index (χ2v) is 9.27. The number of nitrogens with zero attached hydrogens (tertiary/aromatic N) is 1. The predicted octanol–water partition coefficient (Wildman–Crippen LogP) is 5.48. The van der Waals surface area contributed by atoms with Crippen molar-refractivity contribution < 1.29 is 14.6 Å². The van der Waals surface area contributed by atoms with Gasteiger partial charge in [-0.15, -0.1) is 0 Å². The molecule has 0 unspecified atom stereocenters. The molecule has 0 radical (unpaired) electrons. The highest BCUT2D eigenvalue weighted by molar-refractivity contribution is 6.30. The predicted molar refractivity (Wildman–Crippen MR) is 127 cm³/mol. The third-order valence-corrected chi connectivity index (χ3v) is 6.41. The quantitative estimate of drug-likeness (QED) is 0.525. The van der Waals surface area contributed by atoms with Crippen LogP contribution in [0.4, 0.5) is 0 Å². The van der Waals surface area contributed by atoms with Gasteiger partial charge in [0.15, 0.2) is 0 Å². The summed E-state index contributed by atoms with van der Waals surface area (Å²) in [6.07, 6.45) is 1.63. The SMILES string of the molecule is CCOc1ccc([C@@](O)(CCC(C)C)[C@H](CN2CCOCC2)c2ccc(Cl)cc2)cc1. The summed E-state index contributed by atoms with van der Waals surface area (Å²) in [6, 6.07) is 15.9. The minimum atomic E-state index is -0.999. The van der Waals surface area contributed by atoms with Gasteiger partial charge in [-0.3, -0.25) is 4.90 Å². The highest BCUT2D eigenvalue weighted by Crippen LogP contribution is 2.43. The summed E-state index contributed by atoms with van der Waals surface area (Å²) < 4.78 is 11.2. The van der Waals surface area contributed by atoms with Gasteiger partial charge in [0.25, 0.3) is 0 Å². The smallest absolute Gasteiger partial charge is 0.119 e. The average molecular weight is 446 g/mol. The van der Waals surface area contributed by atoms with Gasteiger partial charge in [0.1, 0.15) is 5.75 Å². The zero-order valence-corrected chi connectivity index (χ0v) is 19.8. The minimum absolute atomic E-state index is 0.0837. The van der Waals surface area contributed by atoms with Crippen LogP contribution in [0.25, 0.3) is 0 Å². The summed E-state index contributed by atoms with van der Waals surface area (Å²) in [5, 5.41) is 13.0. The fourth-order valence-corrected chi connectivity index (χ4v) is 4.43.